The second-order valence-electron chi connectivity index (χ2n) is 13.7. The zero-order valence-electron chi connectivity index (χ0n) is 35.3. The van der Waals surface area contributed by atoms with Gasteiger partial charge < -0.3 is 14.2 Å². The zero-order valence-corrected chi connectivity index (χ0v) is 35.3. The Morgan fingerprint density at radius 1 is 0.393 bits per heavy atom. The average Bonchev–Trinajstić information content (AvgIpc) is 3.19. The maximum Gasteiger partial charge on any atom is 0.306 e. The first kappa shape index (κ1) is 51.8. The van der Waals surface area contributed by atoms with Gasteiger partial charge in [-0.25, -0.2) is 0 Å². The molecule has 0 fully saturated rings. The Kier molecular flexibility index (Phi) is 40.3. The fraction of sp³-hybridized carbons (Fsp3) is 0.540. The topological polar surface area (TPSA) is 78.9 Å². The van der Waals surface area contributed by atoms with Crippen LogP contribution in [0.15, 0.2) is 122 Å². The number of hydrogen-bond donors (Lipinski definition) is 0. The largest absolute Gasteiger partial charge is 0.462 e. The minimum absolute atomic E-state index is 0.119. The normalized spacial score (nSPS) is 13.3. The highest BCUT2D eigenvalue weighted by Crippen LogP contribution is 2.11. The van der Waals surface area contributed by atoms with Crippen LogP contribution in [-0.4, -0.2) is 37.2 Å². The van der Waals surface area contributed by atoms with E-state index in [1.807, 2.05) is 72.9 Å². The molecular formula is C50H76O6. The number of allylic oxidation sites excluding steroid dienone is 20. The van der Waals surface area contributed by atoms with Crippen molar-refractivity contribution < 1.29 is 28.6 Å². The van der Waals surface area contributed by atoms with E-state index in [-0.39, 0.29) is 31.1 Å². The first-order chi connectivity index (χ1) is 27.5. The number of ether oxygens (including phenoxy) is 3. The van der Waals surface area contributed by atoms with Crippen LogP contribution < -0.4 is 0 Å². The number of hydrogen-bond acceptors (Lipinski definition) is 6. The third-order valence-electron chi connectivity index (χ3n) is 8.38. The van der Waals surface area contributed by atoms with Gasteiger partial charge in [-0.05, 0) is 83.5 Å². The summed E-state index contributed by atoms with van der Waals surface area (Å²) >= 11 is 0. The molecule has 0 spiro atoms. The Bertz CT molecular complexity index is 1260. The molecule has 0 radical (unpaired) electrons. The summed E-state index contributed by atoms with van der Waals surface area (Å²) in [5, 5.41) is 0. The minimum atomic E-state index is -0.816. The summed E-state index contributed by atoms with van der Waals surface area (Å²) in [7, 11) is 0. The van der Waals surface area contributed by atoms with Crippen LogP contribution in [0.3, 0.4) is 0 Å². The molecule has 1 atom stereocenters. The van der Waals surface area contributed by atoms with Crippen LogP contribution in [0.1, 0.15) is 156 Å². The molecule has 1 unspecified atom stereocenters. The third-order valence-corrected chi connectivity index (χ3v) is 8.38. The van der Waals surface area contributed by atoms with Crippen LogP contribution in [0, 0.1) is 0 Å². The standard InChI is InChI=1S/C50H76O6/c1-4-7-10-13-16-19-21-22-23-24-25-26-27-28-29-32-34-37-40-43-49(52)55-46-47(45-54-48(51)42-39-36-33-30-18-15-12-9-6-3)56-50(53)44-41-38-35-31-20-17-14-11-8-5-2/h7,9-10,12-14,16-19,21-30,47H,4-6,8,11,15,20,31-46H2,1-3H3/b10-7-,12-9-,16-13-,17-14-,21-19-,23-22-,25-24+,27-26-,29-28-,30-18-. The quantitative estimate of drug-likeness (QED) is 0.0207. The number of carbonyl (C=O) groups excluding carboxylic acids is 3. The number of unbranched alkanes of at least 4 members (excludes halogenated alkanes) is 11. The highest BCUT2D eigenvalue weighted by atomic mass is 16.6. The van der Waals surface area contributed by atoms with Crippen LogP contribution in [0.25, 0.3) is 0 Å². The molecular weight excluding hydrogens is 697 g/mol. The predicted octanol–water partition coefficient (Wildman–Crippen LogP) is 13.8. The van der Waals surface area contributed by atoms with E-state index >= 15 is 0 Å². The van der Waals surface area contributed by atoms with Gasteiger partial charge in [0.1, 0.15) is 13.2 Å². The first-order valence-corrected chi connectivity index (χ1v) is 21.6. The highest BCUT2D eigenvalue weighted by Gasteiger charge is 2.19. The molecule has 0 aromatic carbocycles. The Morgan fingerprint density at radius 3 is 1.34 bits per heavy atom. The lowest BCUT2D eigenvalue weighted by atomic mass is 10.1. The highest BCUT2D eigenvalue weighted by molar-refractivity contribution is 5.71. The summed E-state index contributed by atoms with van der Waals surface area (Å²) in [6.07, 6.45) is 59.0. The number of carbonyl (C=O) groups is 3. The molecule has 0 N–H and O–H groups in total. The molecule has 0 aromatic heterocycles. The monoisotopic (exact) mass is 773 g/mol. The van der Waals surface area contributed by atoms with Gasteiger partial charge in [0, 0.05) is 19.3 Å². The van der Waals surface area contributed by atoms with Crippen LogP contribution in [0.5, 0.6) is 0 Å². The van der Waals surface area contributed by atoms with Crippen molar-refractivity contribution in [3.8, 4) is 0 Å². The molecule has 6 nitrogen and oxygen atoms in total. The van der Waals surface area contributed by atoms with Gasteiger partial charge in [0.15, 0.2) is 6.10 Å². The number of rotatable bonds is 36. The van der Waals surface area contributed by atoms with Crippen molar-refractivity contribution in [2.24, 2.45) is 0 Å². The molecule has 0 aromatic rings. The second kappa shape index (κ2) is 43.5. The van der Waals surface area contributed by atoms with Crippen LogP contribution in [-0.2, 0) is 28.6 Å². The minimum Gasteiger partial charge on any atom is -0.462 e. The van der Waals surface area contributed by atoms with Gasteiger partial charge in [-0.2, -0.15) is 0 Å². The summed E-state index contributed by atoms with van der Waals surface area (Å²) in [6.45, 7) is 6.19. The Balaban J connectivity index is 4.51. The molecule has 56 heavy (non-hydrogen) atoms. The molecule has 0 aliphatic heterocycles. The fourth-order valence-electron chi connectivity index (χ4n) is 5.15. The Morgan fingerprint density at radius 2 is 0.786 bits per heavy atom. The van der Waals surface area contributed by atoms with Crippen LogP contribution in [0.4, 0.5) is 0 Å². The van der Waals surface area contributed by atoms with Crippen molar-refractivity contribution in [2.75, 3.05) is 13.2 Å². The molecule has 0 aliphatic carbocycles. The Hall–Kier alpha value is -4.19. The molecule has 6 heteroatoms. The van der Waals surface area contributed by atoms with Gasteiger partial charge in [0.05, 0.1) is 0 Å². The summed E-state index contributed by atoms with van der Waals surface area (Å²) in [5.41, 5.74) is 0. The van der Waals surface area contributed by atoms with Gasteiger partial charge in [0.2, 0.25) is 0 Å². The number of esters is 3. The van der Waals surface area contributed by atoms with Gasteiger partial charge in [-0.1, -0.05) is 174 Å². The summed E-state index contributed by atoms with van der Waals surface area (Å²) in [5.74, 6) is -1.03. The van der Waals surface area contributed by atoms with Crippen molar-refractivity contribution >= 4 is 17.9 Å². The smallest absolute Gasteiger partial charge is 0.306 e. The average molecular weight is 773 g/mol. The molecule has 0 aliphatic rings. The van der Waals surface area contributed by atoms with Crippen molar-refractivity contribution in [3.63, 3.8) is 0 Å². The van der Waals surface area contributed by atoms with Crippen LogP contribution >= 0.6 is 0 Å². The van der Waals surface area contributed by atoms with Crippen molar-refractivity contribution in [1.29, 1.82) is 0 Å². The lowest BCUT2D eigenvalue weighted by Gasteiger charge is -2.18. The second-order valence-corrected chi connectivity index (χ2v) is 13.7. The van der Waals surface area contributed by atoms with E-state index in [1.165, 1.54) is 12.8 Å². The van der Waals surface area contributed by atoms with Gasteiger partial charge >= 0.3 is 17.9 Å². The van der Waals surface area contributed by atoms with E-state index in [2.05, 4.69) is 69.4 Å². The van der Waals surface area contributed by atoms with E-state index in [9.17, 15) is 14.4 Å². The molecule has 0 saturated heterocycles. The maximum atomic E-state index is 12.6. The van der Waals surface area contributed by atoms with E-state index in [0.29, 0.717) is 19.3 Å². The summed E-state index contributed by atoms with van der Waals surface area (Å²) < 4.78 is 16.6. The summed E-state index contributed by atoms with van der Waals surface area (Å²) in [6, 6.07) is 0. The molecule has 0 heterocycles. The molecule has 0 bridgehead atoms. The van der Waals surface area contributed by atoms with Gasteiger partial charge in [-0.3, -0.25) is 14.4 Å². The molecule has 0 rings (SSSR count). The lowest BCUT2D eigenvalue weighted by Crippen LogP contribution is -2.30. The predicted molar refractivity (Wildman–Crippen MR) is 237 cm³/mol. The van der Waals surface area contributed by atoms with E-state index < -0.39 is 6.10 Å². The Labute approximate surface area is 342 Å². The van der Waals surface area contributed by atoms with E-state index in [4.69, 9.17) is 14.2 Å². The maximum absolute atomic E-state index is 12.6. The molecule has 312 valence electrons. The molecule has 0 amide bonds. The molecule has 0 saturated carbocycles. The van der Waals surface area contributed by atoms with Crippen molar-refractivity contribution in [1.82, 2.24) is 0 Å². The third kappa shape index (κ3) is 41.0. The van der Waals surface area contributed by atoms with Crippen molar-refractivity contribution in [2.45, 2.75) is 162 Å². The van der Waals surface area contributed by atoms with E-state index in [1.54, 1.807) is 0 Å². The SMILES string of the molecule is CC\C=C/C=C\C=C/C=C\C=C\C=C/C=C\CCCCCC(=O)OCC(COC(=O)CCCC/C=C\C/C=C\CC)OC(=O)CCCCCC/C=C\CCCC. The zero-order chi connectivity index (χ0) is 40.8. The van der Waals surface area contributed by atoms with E-state index in [0.717, 1.165) is 103 Å². The lowest BCUT2D eigenvalue weighted by molar-refractivity contribution is -0.167. The van der Waals surface area contributed by atoms with Crippen LogP contribution in [0.2, 0.25) is 0 Å². The first-order valence-electron chi connectivity index (χ1n) is 21.6. The summed E-state index contributed by atoms with van der Waals surface area (Å²) in [4.78, 5) is 37.6. The fourth-order valence-corrected chi connectivity index (χ4v) is 5.15. The van der Waals surface area contributed by atoms with Gasteiger partial charge in [0.25, 0.3) is 0 Å². The van der Waals surface area contributed by atoms with Gasteiger partial charge in [-0.15, -0.1) is 0 Å². The van der Waals surface area contributed by atoms with Crippen molar-refractivity contribution in [3.05, 3.63) is 122 Å².